The molecule has 4 aromatic rings. The summed E-state index contributed by atoms with van der Waals surface area (Å²) in [6.07, 6.45) is 3.28. The average Bonchev–Trinajstić information content (AvgIpc) is 2.75. The lowest BCUT2D eigenvalue weighted by Gasteiger charge is -2.15. The van der Waals surface area contributed by atoms with Gasteiger partial charge in [-0.1, -0.05) is 12.1 Å². The molecule has 0 saturated carbocycles. The Kier molecular flexibility index (Phi) is 5.85. The SMILES string of the molecule is CC(C)n1c(=O)c(-c2ccc(NSCc3ccc(F)cc3)nc2)cc2cnc(N)nc21. The van der Waals surface area contributed by atoms with Gasteiger partial charge in [-0.25, -0.2) is 14.4 Å². The number of halogens is 1. The van der Waals surface area contributed by atoms with Gasteiger partial charge in [0.05, 0.1) is 0 Å². The van der Waals surface area contributed by atoms with Crippen molar-refractivity contribution < 1.29 is 4.39 Å². The molecule has 0 aliphatic heterocycles. The summed E-state index contributed by atoms with van der Waals surface area (Å²) in [5, 5.41) is 0.731. The normalized spacial score (nSPS) is 11.2. The van der Waals surface area contributed by atoms with Crippen LogP contribution in [0.5, 0.6) is 0 Å². The molecular weight excluding hydrogens is 415 g/mol. The Morgan fingerprint density at radius 3 is 2.58 bits per heavy atom. The molecule has 158 valence electrons. The lowest BCUT2D eigenvalue weighted by molar-refractivity contribution is 0.596. The van der Waals surface area contributed by atoms with Crippen molar-refractivity contribution in [1.29, 1.82) is 0 Å². The lowest BCUT2D eigenvalue weighted by Crippen LogP contribution is -2.25. The van der Waals surface area contributed by atoms with E-state index in [1.165, 1.54) is 24.1 Å². The second-order valence-electron chi connectivity index (χ2n) is 7.28. The van der Waals surface area contributed by atoms with Crippen molar-refractivity contribution in [2.45, 2.75) is 25.6 Å². The number of anilines is 2. The minimum Gasteiger partial charge on any atom is -0.368 e. The van der Waals surface area contributed by atoms with Gasteiger partial charge >= 0.3 is 0 Å². The summed E-state index contributed by atoms with van der Waals surface area (Å²) in [4.78, 5) is 25.9. The number of hydrogen-bond donors (Lipinski definition) is 2. The Morgan fingerprint density at radius 2 is 1.90 bits per heavy atom. The Hall–Kier alpha value is -3.46. The van der Waals surface area contributed by atoms with Crippen LogP contribution in [0, 0.1) is 5.82 Å². The molecule has 0 aliphatic rings. The van der Waals surface area contributed by atoms with Gasteiger partial charge in [0.2, 0.25) is 5.95 Å². The summed E-state index contributed by atoms with van der Waals surface area (Å²) in [6.45, 7) is 3.85. The highest BCUT2D eigenvalue weighted by atomic mass is 32.2. The van der Waals surface area contributed by atoms with Crippen LogP contribution in [0.3, 0.4) is 0 Å². The molecule has 1 aromatic carbocycles. The van der Waals surface area contributed by atoms with Crippen LogP contribution in [0.1, 0.15) is 25.5 Å². The van der Waals surface area contributed by atoms with Crippen LogP contribution >= 0.6 is 11.9 Å². The molecule has 4 rings (SSSR count). The summed E-state index contributed by atoms with van der Waals surface area (Å²) < 4.78 is 17.8. The summed E-state index contributed by atoms with van der Waals surface area (Å²) in [6, 6.07) is 11.7. The highest BCUT2D eigenvalue weighted by Crippen LogP contribution is 2.23. The summed E-state index contributed by atoms with van der Waals surface area (Å²) in [7, 11) is 0. The van der Waals surface area contributed by atoms with Crippen LogP contribution in [0.4, 0.5) is 16.2 Å². The number of hydrogen-bond acceptors (Lipinski definition) is 7. The van der Waals surface area contributed by atoms with Gasteiger partial charge in [-0.3, -0.25) is 9.36 Å². The first kappa shape index (κ1) is 20.8. The molecule has 0 aliphatic carbocycles. The molecule has 7 nitrogen and oxygen atoms in total. The van der Waals surface area contributed by atoms with Crippen molar-refractivity contribution >= 4 is 34.7 Å². The van der Waals surface area contributed by atoms with Crippen molar-refractivity contribution in [2.24, 2.45) is 0 Å². The molecule has 3 aromatic heterocycles. The predicted octanol–water partition coefficient (Wildman–Crippen LogP) is 4.42. The van der Waals surface area contributed by atoms with E-state index in [1.807, 2.05) is 26.0 Å². The molecule has 0 saturated heterocycles. The highest BCUT2D eigenvalue weighted by molar-refractivity contribution is 7.99. The third-order valence-electron chi connectivity index (χ3n) is 4.71. The molecule has 0 unspecified atom stereocenters. The number of nitrogens with two attached hydrogens (primary N) is 1. The fourth-order valence-electron chi connectivity index (χ4n) is 3.21. The minimum atomic E-state index is -0.251. The fraction of sp³-hybridized carbons (Fsp3) is 0.182. The maximum absolute atomic E-state index is 13.2. The van der Waals surface area contributed by atoms with Crippen molar-refractivity contribution in [3.63, 3.8) is 0 Å². The smallest absolute Gasteiger partial charge is 0.260 e. The Morgan fingerprint density at radius 1 is 1.13 bits per heavy atom. The van der Waals surface area contributed by atoms with E-state index in [2.05, 4.69) is 19.7 Å². The van der Waals surface area contributed by atoms with Crippen LogP contribution in [-0.4, -0.2) is 19.5 Å². The van der Waals surface area contributed by atoms with Crippen LogP contribution in [0.25, 0.3) is 22.2 Å². The van der Waals surface area contributed by atoms with Gasteiger partial charge in [-0.2, -0.15) is 4.98 Å². The van der Waals surface area contributed by atoms with Gasteiger partial charge in [0.1, 0.15) is 17.3 Å². The predicted molar refractivity (Wildman–Crippen MR) is 123 cm³/mol. The minimum absolute atomic E-state index is 0.0963. The molecule has 0 amide bonds. The summed E-state index contributed by atoms with van der Waals surface area (Å²) >= 11 is 1.45. The number of nitrogens with one attached hydrogen (secondary N) is 1. The Balaban J connectivity index is 1.57. The maximum Gasteiger partial charge on any atom is 0.260 e. The lowest BCUT2D eigenvalue weighted by atomic mass is 10.1. The van der Waals surface area contributed by atoms with Gasteiger partial charge in [-0.05, 0) is 61.7 Å². The quantitative estimate of drug-likeness (QED) is 0.432. The van der Waals surface area contributed by atoms with Crippen LogP contribution in [-0.2, 0) is 5.75 Å². The fourth-order valence-corrected chi connectivity index (χ4v) is 3.91. The number of aromatic nitrogens is 4. The Bertz CT molecular complexity index is 1270. The largest absolute Gasteiger partial charge is 0.368 e. The van der Waals surface area contributed by atoms with Crippen molar-refractivity contribution in [3.8, 4) is 11.1 Å². The first-order chi connectivity index (χ1) is 14.9. The van der Waals surface area contributed by atoms with Gasteiger partial charge in [0.25, 0.3) is 5.56 Å². The van der Waals surface area contributed by atoms with E-state index >= 15 is 0 Å². The van der Waals surface area contributed by atoms with E-state index in [-0.39, 0.29) is 23.4 Å². The topological polar surface area (TPSA) is 98.7 Å². The highest BCUT2D eigenvalue weighted by Gasteiger charge is 2.15. The second kappa shape index (κ2) is 8.73. The number of pyridine rings is 2. The van der Waals surface area contributed by atoms with E-state index in [9.17, 15) is 9.18 Å². The number of fused-ring (bicyclic) bond motifs is 1. The third-order valence-corrected chi connectivity index (χ3v) is 5.54. The average molecular weight is 437 g/mol. The van der Waals surface area contributed by atoms with Gasteiger partial charge in [0, 0.05) is 40.7 Å². The van der Waals surface area contributed by atoms with Gasteiger partial charge in [-0.15, -0.1) is 0 Å². The van der Waals surface area contributed by atoms with Crippen LogP contribution in [0.15, 0.2) is 59.7 Å². The van der Waals surface area contributed by atoms with E-state index in [4.69, 9.17) is 5.73 Å². The standard InChI is InChI=1S/C22H21FN6OS/c1-13(2)29-20-16(11-26-22(24)27-20)9-18(21(29)30)15-5-8-19(25-10-15)28-31-12-14-3-6-17(23)7-4-14/h3-11,13H,12H2,1-2H3,(H,25,28)(H2,24,26,27). The molecule has 0 bridgehead atoms. The van der Waals surface area contributed by atoms with E-state index < -0.39 is 0 Å². The molecule has 0 atom stereocenters. The molecule has 0 fully saturated rings. The molecule has 0 spiro atoms. The number of benzene rings is 1. The number of nitrogens with zero attached hydrogens (tertiary/aromatic N) is 4. The number of nitrogen functional groups attached to an aromatic ring is 1. The van der Waals surface area contributed by atoms with Crippen molar-refractivity contribution in [1.82, 2.24) is 19.5 Å². The molecule has 0 radical (unpaired) electrons. The zero-order chi connectivity index (χ0) is 22.0. The monoisotopic (exact) mass is 436 g/mol. The zero-order valence-electron chi connectivity index (χ0n) is 17.0. The van der Waals surface area contributed by atoms with Gasteiger partial charge in [0.15, 0.2) is 0 Å². The van der Waals surface area contributed by atoms with E-state index in [0.29, 0.717) is 28.3 Å². The molecule has 31 heavy (non-hydrogen) atoms. The zero-order valence-corrected chi connectivity index (χ0v) is 17.9. The van der Waals surface area contributed by atoms with Crippen LogP contribution < -0.4 is 16.0 Å². The second-order valence-corrected chi connectivity index (χ2v) is 8.06. The van der Waals surface area contributed by atoms with Gasteiger partial charge < -0.3 is 10.5 Å². The maximum atomic E-state index is 13.2. The third kappa shape index (κ3) is 4.51. The molecular formula is C22H21FN6OS. The number of rotatable bonds is 6. The molecule has 3 heterocycles. The van der Waals surface area contributed by atoms with Crippen LogP contribution in [0.2, 0.25) is 0 Å². The first-order valence-corrected chi connectivity index (χ1v) is 10.7. The first-order valence-electron chi connectivity index (χ1n) is 9.69. The molecule has 3 N–H and O–H groups in total. The Labute approximate surface area is 182 Å². The van der Waals surface area contributed by atoms with E-state index in [0.717, 1.165) is 10.9 Å². The molecule has 9 heteroatoms. The van der Waals surface area contributed by atoms with E-state index in [1.54, 1.807) is 35.2 Å². The summed E-state index contributed by atoms with van der Waals surface area (Å²) in [5.74, 6) is 1.21. The summed E-state index contributed by atoms with van der Waals surface area (Å²) in [5.41, 5.74) is 8.30. The van der Waals surface area contributed by atoms with Crippen molar-refractivity contribution in [3.05, 3.63) is 76.6 Å². The van der Waals surface area contributed by atoms with Crippen molar-refractivity contribution in [2.75, 3.05) is 10.5 Å².